The lowest BCUT2D eigenvalue weighted by atomic mass is 10.3. The highest BCUT2D eigenvalue weighted by molar-refractivity contribution is 5.82. The molecule has 10 heteroatoms. The standard InChI is InChI=1S/C12H18FN5O4/c13-4-1-2-9-7-18(17-16-9)8-11(20)14-5-3-10(19)15-6-12(21)22/h7H,1-6,8H2,(H,14,20)(H,15,19)(H,21,22). The quantitative estimate of drug-likeness (QED) is 0.502. The summed E-state index contributed by atoms with van der Waals surface area (Å²) >= 11 is 0. The van der Waals surface area contributed by atoms with Gasteiger partial charge in [0, 0.05) is 19.2 Å². The molecule has 0 fully saturated rings. The van der Waals surface area contributed by atoms with E-state index >= 15 is 0 Å². The summed E-state index contributed by atoms with van der Waals surface area (Å²) in [5, 5.41) is 20.6. The van der Waals surface area contributed by atoms with E-state index in [1.54, 1.807) is 6.20 Å². The van der Waals surface area contributed by atoms with Crippen LogP contribution in [0.4, 0.5) is 4.39 Å². The highest BCUT2D eigenvalue weighted by atomic mass is 19.1. The van der Waals surface area contributed by atoms with Gasteiger partial charge in [-0.3, -0.25) is 18.8 Å². The molecule has 1 aromatic heterocycles. The van der Waals surface area contributed by atoms with E-state index in [1.807, 2.05) is 0 Å². The van der Waals surface area contributed by atoms with Crippen molar-refractivity contribution in [2.75, 3.05) is 19.8 Å². The van der Waals surface area contributed by atoms with Gasteiger partial charge >= 0.3 is 5.97 Å². The number of halogens is 1. The van der Waals surface area contributed by atoms with Crippen LogP contribution in [0.5, 0.6) is 0 Å². The molecule has 0 aliphatic heterocycles. The number of aromatic nitrogens is 3. The number of carboxylic acid groups (broad SMARTS) is 1. The van der Waals surface area contributed by atoms with Crippen LogP contribution in [0.15, 0.2) is 6.20 Å². The molecular weight excluding hydrogens is 297 g/mol. The summed E-state index contributed by atoms with van der Waals surface area (Å²) in [7, 11) is 0. The Morgan fingerprint density at radius 3 is 2.73 bits per heavy atom. The number of aryl methyl sites for hydroxylation is 1. The summed E-state index contributed by atoms with van der Waals surface area (Å²) in [6.07, 6.45) is 2.37. The Bertz CT molecular complexity index is 519. The fourth-order valence-corrected chi connectivity index (χ4v) is 1.56. The molecule has 0 saturated heterocycles. The van der Waals surface area contributed by atoms with Crippen LogP contribution >= 0.6 is 0 Å². The number of carbonyl (C=O) groups excluding carboxylic acids is 2. The van der Waals surface area contributed by atoms with Gasteiger partial charge in [-0.1, -0.05) is 5.21 Å². The fraction of sp³-hybridized carbons (Fsp3) is 0.583. The summed E-state index contributed by atoms with van der Waals surface area (Å²) in [5.74, 6) is -1.95. The molecule has 22 heavy (non-hydrogen) atoms. The first-order chi connectivity index (χ1) is 10.5. The van der Waals surface area contributed by atoms with Gasteiger partial charge in [-0.25, -0.2) is 4.68 Å². The Hall–Kier alpha value is -2.52. The summed E-state index contributed by atoms with van der Waals surface area (Å²) in [5.41, 5.74) is 0.610. The third-order valence-corrected chi connectivity index (χ3v) is 2.57. The Kier molecular flexibility index (Phi) is 7.51. The minimum absolute atomic E-state index is 0.0157. The predicted molar refractivity (Wildman–Crippen MR) is 72.6 cm³/mol. The van der Waals surface area contributed by atoms with Crippen LogP contribution in [0, 0.1) is 0 Å². The van der Waals surface area contributed by atoms with E-state index in [4.69, 9.17) is 5.11 Å². The molecule has 0 radical (unpaired) electrons. The molecule has 0 atom stereocenters. The number of nitrogens with zero attached hydrogens (tertiary/aromatic N) is 3. The highest BCUT2D eigenvalue weighted by Crippen LogP contribution is 1.98. The first kappa shape index (κ1) is 17.5. The van der Waals surface area contributed by atoms with Crippen LogP contribution in [-0.4, -0.2) is 57.6 Å². The molecule has 0 spiro atoms. The lowest BCUT2D eigenvalue weighted by molar-refractivity contribution is -0.138. The Morgan fingerprint density at radius 2 is 2.05 bits per heavy atom. The smallest absolute Gasteiger partial charge is 0.322 e. The van der Waals surface area contributed by atoms with Crippen molar-refractivity contribution in [1.29, 1.82) is 0 Å². The molecule has 0 aliphatic rings. The third-order valence-electron chi connectivity index (χ3n) is 2.57. The van der Waals surface area contributed by atoms with Gasteiger partial charge in [0.05, 0.1) is 12.4 Å². The van der Waals surface area contributed by atoms with Crippen molar-refractivity contribution in [2.45, 2.75) is 25.8 Å². The van der Waals surface area contributed by atoms with Crippen molar-refractivity contribution < 1.29 is 23.9 Å². The maximum absolute atomic E-state index is 12.0. The first-order valence-corrected chi connectivity index (χ1v) is 6.71. The van der Waals surface area contributed by atoms with Crippen molar-refractivity contribution in [1.82, 2.24) is 25.6 Å². The molecule has 0 unspecified atom stereocenters. The zero-order chi connectivity index (χ0) is 16.4. The monoisotopic (exact) mass is 315 g/mol. The summed E-state index contributed by atoms with van der Waals surface area (Å²) in [4.78, 5) is 33.0. The molecule has 3 N–H and O–H groups in total. The number of alkyl halides is 1. The van der Waals surface area contributed by atoms with Crippen LogP contribution in [0.1, 0.15) is 18.5 Å². The van der Waals surface area contributed by atoms with E-state index in [-0.39, 0.29) is 25.4 Å². The fourth-order valence-electron chi connectivity index (χ4n) is 1.56. The molecule has 2 amide bonds. The number of carboxylic acids is 1. The van der Waals surface area contributed by atoms with Crippen LogP contribution in [0.3, 0.4) is 0 Å². The molecule has 122 valence electrons. The van der Waals surface area contributed by atoms with Gasteiger partial charge in [0.2, 0.25) is 11.8 Å². The molecule has 1 aromatic rings. The second kappa shape index (κ2) is 9.42. The number of rotatable bonds is 10. The number of amides is 2. The average molecular weight is 315 g/mol. The van der Waals surface area contributed by atoms with Crippen molar-refractivity contribution in [2.24, 2.45) is 0 Å². The molecule has 1 heterocycles. The summed E-state index contributed by atoms with van der Waals surface area (Å²) in [6, 6.07) is 0. The van der Waals surface area contributed by atoms with Gasteiger partial charge in [0.1, 0.15) is 13.1 Å². The lowest BCUT2D eigenvalue weighted by Gasteiger charge is -2.05. The second-order valence-electron chi connectivity index (χ2n) is 4.47. The first-order valence-electron chi connectivity index (χ1n) is 6.71. The molecule has 0 bridgehead atoms. The van der Waals surface area contributed by atoms with E-state index in [0.29, 0.717) is 18.5 Å². The van der Waals surface area contributed by atoms with Gasteiger partial charge in [0.25, 0.3) is 0 Å². The van der Waals surface area contributed by atoms with Gasteiger partial charge in [-0.15, -0.1) is 5.10 Å². The number of nitrogens with one attached hydrogen (secondary N) is 2. The van der Waals surface area contributed by atoms with E-state index < -0.39 is 25.1 Å². The Labute approximate surface area is 125 Å². The molecule has 0 saturated carbocycles. The number of carbonyl (C=O) groups is 3. The number of hydrogen-bond donors (Lipinski definition) is 3. The largest absolute Gasteiger partial charge is 0.480 e. The summed E-state index contributed by atoms with van der Waals surface area (Å²) < 4.78 is 13.3. The molecule has 1 rings (SSSR count). The van der Waals surface area contributed by atoms with E-state index in [2.05, 4.69) is 20.9 Å². The molecule has 0 aromatic carbocycles. The molecule has 9 nitrogen and oxygen atoms in total. The zero-order valence-electron chi connectivity index (χ0n) is 11.9. The van der Waals surface area contributed by atoms with Gasteiger partial charge in [-0.2, -0.15) is 0 Å². The molecule has 0 aliphatic carbocycles. The Morgan fingerprint density at radius 1 is 1.27 bits per heavy atom. The van der Waals surface area contributed by atoms with Crippen molar-refractivity contribution in [3.63, 3.8) is 0 Å². The third kappa shape index (κ3) is 7.31. The van der Waals surface area contributed by atoms with Crippen LogP contribution < -0.4 is 10.6 Å². The SMILES string of the molecule is O=C(O)CNC(=O)CCNC(=O)Cn1cc(CCCF)nn1. The van der Waals surface area contributed by atoms with Gasteiger partial charge in [-0.05, 0) is 12.8 Å². The second-order valence-corrected chi connectivity index (χ2v) is 4.47. The number of aliphatic carboxylic acids is 1. The van der Waals surface area contributed by atoms with Crippen molar-refractivity contribution in [3.05, 3.63) is 11.9 Å². The highest BCUT2D eigenvalue weighted by Gasteiger charge is 2.08. The maximum Gasteiger partial charge on any atom is 0.322 e. The predicted octanol–water partition coefficient (Wildman–Crippen LogP) is -1.11. The maximum atomic E-state index is 12.0. The number of hydrogen-bond acceptors (Lipinski definition) is 5. The normalized spacial score (nSPS) is 10.2. The Balaban J connectivity index is 2.21. The average Bonchev–Trinajstić information content (AvgIpc) is 2.90. The van der Waals surface area contributed by atoms with Gasteiger partial charge in [0.15, 0.2) is 0 Å². The van der Waals surface area contributed by atoms with Crippen LogP contribution in [-0.2, 0) is 27.3 Å². The van der Waals surface area contributed by atoms with Gasteiger partial charge < -0.3 is 15.7 Å². The van der Waals surface area contributed by atoms with E-state index in [9.17, 15) is 18.8 Å². The topological polar surface area (TPSA) is 126 Å². The van der Waals surface area contributed by atoms with Crippen LogP contribution in [0.25, 0.3) is 0 Å². The minimum Gasteiger partial charge on any atom is -0.480 e. The van der Waals surface area contributed by atoms with E-state index in [1.165, 1.54) is 4.68 Å². The van der Waals surface area contributed by atoms with Crippen molar-refractivity contribution >= 4 is 17.8 Å². The molecular formula is C12H18FN5O4. The minimum atomic E-state index is -1.13. The van der Waals surface area contributed by atoms with E-state index in [0.717, 1.165) is 0 Å². The zero-order valence-corrected chi connectivity index (χ0v) is 11.9. The van der Waals surface area contributed by atoms with Crippen molar-refractivity contribution in [3.8, 4) is 0 Å². The summed E-state index contributed by atoms with van der Waals surface area (Å²) in [6.45, 7) is -0.849. The lowest BCUT2D eigenvalue weighted by Crippen LogP contribution is -2.34. The van der Waals surface area contributed by atoms with Crippen LogP contribution in [0.2, 0.25) is 0 Å².